The Morgan fingerprint density at radius 3 is 2.85 bits per heavy atom. The van der Waals surface area contributed by atoms with Gasteiger partial charge in [0.15, 0.2) is 11.6 Å². The molecule has 1 fully saturated rings. The van der Waals surface area contributed by atoms with Crippen LogP contribution in [0.4, 0.5) is 8.78 Å². The molecule has 0 radical (unpaired) electrons. The molecule has 0 saturated carbocycles. The lowest BCUT2D eigenvalue weighted by Crippen LogP contribution is -2.44. The number of hydrogen-bond acceptors (Lipinski definition) is 4. The molecular weight excluding hydrogens is 268 g/mol. The van der Waals surface area contributed by atoms with Crippen molar-refractivity contribution in [3.8, 4) is 0 Å². The average molecular weight is 287 g/mol. The van der Waals surface area contributed by atoms with Gasteiger partial charge in [-0.3, -0.25) is 0 Å². The highest BCUT2D eigenvalue weighted by Gasteiger charge is 2.34. The molecule has 0 aliphatic carbocycles. The van der Waals surface area contributed by atoms with E-state index in [0.29, 0.717) is 25.3 Å². The van der Waals surface area contributed by atoms with Gasteiger partial charge in [0.05, 0.1) is 12.7 Å². The highest BCUT2D eigenvalue weighted by Crippen LogP contribution is 2.22. The van der Waals surface area contributed by atoms with Crippen LogP contribution in [0.3, 0.4) is 0 Å². The molecule has 2 unspecified atom stereocenters. The fraction of sp³-hybridized carbons (Fsp3) is 0.571. The quantitative estimate of drug-likeness (QED) is 0.830. The molecule has 0 aromatic heterocycles. The fourth-order valence-corrected chi connectivity index (χ4v) is 2.24. The molecule has 2 atom stereocenters. The molecule has 112 valence electrons. The van der Waals surface area contributed by atoms with Gasteiger partial charge in [-0.25, -0.2) is 8.78 Å². The van der Waals surface area contributed by atoms with Crippen molar-refractivity contribution in [1.82, 2.24) is 5.32 Å². The van der Waals surface area contributed by atoms with Gasteiger partial charge in [0.25, 0.3) is 0 Å². The van der Waals surface area contributed by atoms with Crippen LogP contribution in [0.5, 0.6) is 0 Å². The zero-order chi connectivity index (χ0) is 14.6. The summed E-state index contributed by atoms with van der Waals surface area (Å²) in [6.07, 6.45) is -0.112. The predicted molar refractivity (Wildman–Crippen MR) is 69.4 cm³/mol. The van der Waals surface area contributed by atoms with Crippen LogP contribution in [0.2, 0.25) is 0 Å². The minimum absolute atomic E-state index is 0.232. The van der Waals surface area contributed by atoms with Gasteiger partial charge in [-0.1, -0.05) is 6.07 Å². The minimum atomic E-state index is -0.959. The number of halogens is 2. The number of aliphatic hydroxyl groups excluding tert-OH is 1. The molecule has 4 nitrogen and oxygen atoms in total. The first kappa shape index (κ1) is 15.3. The molecule has 1 aliphatic heterocycles. The molecule has 1 heterocycles. The van der Waals surface area contributed by atoms with Gasteiger partial charge in [-0.2, -0.15) is 0 Å². The lowest BCUT2D eigenvalue weighted by molar-refractivity contribution is -0.0173. The van der Waals surface area contributed by atoms with Crippen LogP contribution < -0.4 is 5.32 Å². The zero-order valence-electron chi connectivity index (χ0n) is 11.4. The van der Waals surface area contributed by atoms with Crippen LogP contribution in [0.1, 0.15) is 18.1 Å². The summed E-state index contributed by atoms with van der Waals surface area (Å²) < 4.78 is 36.6. The van der Waals surface area contributed by atoms with Crippen molar-refractivity contribution in [1.29, 1.82) is 0 Å². The number of rotatable bonds is 6. The summed E-state index contributed by atoms with van der Waals surface area (Å²) >= 11 is 0. The van der Waals surface area contributed by atoms with Gasteiger partial charge in [0, 0.05) is 33.2 Å². The summed E-state index contributed by atoms with van der Waals surface area (Å²) in [6.45, 7) is 1.93. The highest BCUT2D eigenvalue weighted by molar-refractivity contribution is 5.20. The van der Waals surface area contributed by atoms with Gasteiger partial charge in [-0.15, -0.1) is 0 Å². The van der Waals surface area contributed by atoms with E-state index in [9.17, 15) is 13.9 Å². The molecule has 1 aromatic carbocycles. The van der Waals surface area contributed by atoms with E-state index in [1.807, 2.05) is 0 Å². The lowest BCUT2D eigenvalue weighted by atomic mass is 10.0. The third-order valence-electron chi connectivity index (χ3n) is 3.61. The Morgan fingerprint density at radius 1 is 1.45 bits per heavy atom. The monoisotopic (exact) mass is 287 g/mol. The van der Waals surface area contributed by atoms with Gasteiger partial charge in [0.2, 0.25) is 0 Å². The first-order valence-electron chi connectivity index (χ1n) is 6.53. The third-order valence-corrected chi connectivity index (χ3v) is 3.61. The van der Waals surface area contributed by atoms with Crippen LogP contribution >= 0.6 is 0 Å². The van der Waals surface area contributed by atoms with Gasteiger partial charge >= 0.3 is 0 Å². The minimum Gasteiger partial charge on any atom is -0.387 e. The standard InChI is InChI=1S/C14H19F2NO3/c1-19-14(4-5-20-9-14)8-17-7-13(18)10-2-3-11(15)12(16)6-10/h2-3,6,13,17-18H,4-5,7-9H2,1H3. The Bertz CT molecular complexity index is 450. The number of methoxy groups -OCH3 is 1. The SMILES string of the molecule is COC1(CNCC(O)c2ccc(F)c(F)c2)CCOC1. The molecule has 0 bridgehead atoms. The van der Waals surface area contributed by atoms with E-state index < -0.39 is 17.7 Å². The number of ether oxygens (including phenoxy) is 2. The molecule has 1 saturated heterocycles. The summed E-state index contributed by atoms with van der Waals surface area (Å²) in [6, 6.07) is 3.39. The van der Waals surface area contributed by atoms with Crippen molar-refractivity contribution >= 4 is 0 Å². The third kappa shape index (κ3) is 3.52. The molecule has 2 rings (SSSR count). The number of nitrogens with one attached hydrogen (secondary N) is 1. The highest BCUT2D eigenvalue weighted by atomic mass is 19.2. The van der Waals surface area contributed by atoms with Gasteiger partial charge < -0.3 is 19.9 Å². The van der Waals surface area contributed by atoms with Crippen molar-refractivity contribution in [2.45, 2.75) is 18.1 Å². The van der Waals surface area contributed by atoms with Crippen molar-refractivity contribution in [2.75, 3.05) is 33.4 Å². The van der Waals surface area contributed by atoms with Crippen LogP contribution in [-0.2, 0) is 9.47 Å². The Balaban J connectivity index is 1.85. The Labute approximate surface area is 116 Å². The predicted octanol–water partition coefficient (Wildman–Crippen LogP) is 1.39. The summed E-state index contributed by atoms with van der Waals surface area (Å²) in [5.74, 6) is -1.88. The summed E-state index contributed by atoms with van der Waals surface area (Å²) in [7, 11) is 1.63. The zero-order valence-corrected chi connectivity index (χ0v) is 11.4. The molecular formula is C14H19F2NO3. The number of aliphatic hydroxyl groups is 1. The molecule has 20 heavy (non-hydrogen) atoms. The molecule has 1 aromatic rings. The second kappa shape index (κ2) is 6.58. The maximum absolute atomic E-state index is 13.1. The van der Waals surface area contributed by atoms with Crippen LogP contribution in [-0.4, -0.2) is 44.1 Å². The number of benzene rings is 1. The first-order valence-corrected chi connectivity index (χ1v) is 6.53. The Morgan fingerprint density at radius 2 is 2.25 bits per heavy atom. The maximum atomic E-state index is 13.1. The van der Waals surface area contributed by atoms with E-state index in [2.05, 4.69) is 5.32 Å². The smallest absolute Gasteiger partial charge is 0.159 e. The molecule has 2 N–H and O–H groups in total. The van der Waals surface area contributed by atoms with E-state index in [-0.39, 0.29) is 12.1 Å². The summed E-state index contributed by atoms with van der Waals surface area (Å²) in [5, 5.41) is 13.0. The molecule has 1 aliphatic rings. The lowest BCUT2D eigenvalue weighted by Gasteiger charge is -2.26. The van der Waals surface area contributed by atoms with Crippen molar-refractivity contribution in [3.05, 3.63) is 35.4 Å². The maximum Gasteiger partial charge on any atom is 0.159 e. The summed E-state index contributed by atoms with van der Waals surface area (Å²) in [4.78, 5) is 0. The number of hydrogen-bond donors (Lipinski definition) is 2. The van der Waals surface area contributed by atoms with Gasteiger partial charge in [0.1, 0.15) is 5.60 Å². The topological polar surface area (TPSA) is 50.7 Å². The molecule has 0 spiro atoms. The van der Waals surface area contributed by atoms with E-state index in [1.54, 1.807) is 7.11 Å². The van der Waals surface area contributed by atoms with Crippen molar-refractivity contribution in [3.63, 3.8) is 0 Å². The normalized spacial score (nSPS) is 24.0. The Hall–Kier alpha value is -1.08. The van der Waals surface area contributed by atoms with Crippen LogP contribution in [0.15, 0.2) is 18.2 Å². The fourth-order valence-electron chi connectivity index (χ4n) is 2.24. The largest absolute Gasteiger partial charge is 0.387 e. The van der Waals surface area contributed by atoms with Crippen molar-refractivity contribution < 1.29 is 23.4 Å². The van der Waals surface area contributed by atoms with Crippen LogP contribution in [0.25, 0.3) is 0 Å². The first-order chi connectivity index (χ1) is 9.56. The van der Waals surface area contributed by atoms with Crippen molar-refractivity contribution in [2.24, 2.45) is 0 Å². The Kier molecular flexibility index (Phi) is 5.04. The van der Waals surface area contributed by atoms with E-state index in [0.717, 1.165) is 18.6 Å². The van der Waals surface area contributed by atoms with Gasteiger partial charge in [-0.05, 0) is 17.7 Å². The van der Waals surface area contributed by atoms with E-state index in [1.165, 1.54) is 6.07 Å². The average Bonchev–Trinajstić information content (AvgIpc) is 2.91. The van der Waals surface area contributed by atoms with E-state index >= 15 is 0 Å². The summed E-state index contributed by atoms with van der Waals surface area (Å²) in [5.41, 5.74) is -0.0288. The molecule has 6 heteroatoms. The molecule has 0 amide bonds. The van der Waals surface area contributed by atoms with Crippen LogP contribution in [0, 0.1) is 11.6 Å². The van der Waals surface area contributed by atoms with E-state index in [4.69, 9.17) is 9.47 Å². The second-order valence-electron chi connectivity index (χ2n) is 5.01. The second-order valence-corrected chi connectivity index (χ2v) is 5.01.